The lowest BCUT2D eigenvalue weighted by atomic mass is 10.2. The van der Waals surface area contributed by atoms with Crippen molar-refractivity contribution in [2.45, 2.75) is 13.0 Å². The van der Waals surface area contributed by atoms with Gasteiger partial charge in [-0.1, -0.05) is 15.9 Å². The van der Waals surface area contributed by atoms with Crippen molar-refractivity contribution >= 4 is 21.8 Å². The number of carbonyl (C=O) groups is 1. The minimum Gasteiger partial charge on any atom is -0.384 e. The molecule has 0 saturated carbocycles. The van der Waals surface area contributed by atoms with Crippen molar-refractivity contribution in [3.63, 3.8) is 0 Å². The molecule has 1 N–H and O–H groups in total. The summed E-state index contributed by atoms with van der Waals surface area (Å²) in [4.78, 5) is 11.2. The van der Waals surface area contributed by atoms with Crippen molar-refractivity contribution in [1.82, 2.24) is 5.32 Å². The molecule has 0 atom stereocenters. The highest BCUT2D eigenvalue weighted by atomic mass is 79.9. The fraction of sp³-hybridized carbons (Fsp3) is 0.364. The molecule has 0 spiro atoms. The molecule has 0 fully saturated rings. The van der Waals surface area contributed by atoms with Crippen molar-refractivity contribution in [2.75, 3.05) is 13.7 Å². The molecular formula is C11H13BrFNO2. The van der Waals surface area contributed by atoms with Gasteiger partial charge in [-0.2, -0.15) is 0 Å². The van der Waals surface area contributed by atoms with E-state index in [1.807, 2.05) is 0 Å². The number of amides is 1. The molecular weight excluding hydrogens is 277 g/mol. The van der Waals surface area contributed by atoms with Crippen molar-refractivity contribution in [3.05, 3.63) is 34.1 Å². The molecule has 0 aliphatic rings. The predicted octanol–water partition coefficient (Wildman–Crippen LogP) is 2.24. The van der Waals surface area contributed by atoms with E-state index >= 15 is 0 Å². The molecule has 1 aromatic rings. The standard InChI is InChI=1S/C11H13BrFNO2/c1-16-5-4-11(15)14-7-8-6-9(12)2-3-10(8)13/h2-3,6H,4-5,7H2,1H3,(H,14,15). The van der Waals surface area contributed by atoms with Gasteiger partial charge < -0.3 is 10.1 Å². The van der Waals surface area contributed by atoms with E-state index in [0.717, 1.165) is 4.47 Å². The van der Waals surface area contributed by atoms with Gasteiger partial charge >= 0.3 is 0 Å². The summed E-state index contributed by atoms with van der Waals surface area (Å²) < 4.78 is 18.8. The maximum absolute atomic E-state index is 13.3. The summed E-state index contributed by atoms with van der Waals surface area (Å²) in [6, 6.07) is 4.62. The molecule has 0 aromatic heterocycles. The summed E-state index contributed by atoms with van der Waals surface area (Å²) in [7, 11) is 1.53. The molecule has 88 valence electrons. The maximum atomic E-state index is 13.3. The van der Waals surface area contributed by atoms with E-state index in [4.69, 9.17) is 4.74 Å². The molecule has 0 aliphatic carbocycles. The third kappa shape index (κ3) is 4.28. The van der Waals surface area contributed by atoms with E-state index in [0.29, 0.717) is 12.2 Å². The zero-order valence-corrected chi connectivity index (χ0v) is 10.5. The molecule has 0 radical (unpaired) electrons. The Kier molecular flexibility index (Phi) is 5.42. The highest BCUT2D eigenvalue weighted by molar-refractivity contribution is 9.10. The second-order valence-electron chi connectivity index (χ2n) is 3.26. The number of methoxy groups -OCH3 is 1. The largest absolute Gasteiger partial charge is 0.384 e. The summed E-state index contributed by atoms with van der Waals surface area (Å²) in [6.45, 7) is 0.556. The average molecular weight is 290 g/mol. The Balaban J connectivity index is 2.47. The first kappa shape index (κ1) is 13.1. The second-order valence-corrected chi connectivity index (χ2v) is 4.17. The van der Waals surface area contributed by atoms with Gasteiger partial charge in [-0.05, 0) is 18.2 Å². The predicted molar refractivity (Wildman–Crippen MR) is 62.4 cm³/mol. The molecule has 3 nitrogen and oxygen atoms in total. The van der Waals surface area contributed by atoms with Crippen LogP contribution < -0.4 is 5.32 Å². The number of carbonyl (C=O) groups excluding carboxylic acids is 1. The number of ether oxygens (including phenoxy) is 1. The van der Waals surface area contributed by atoms with E-state index in [-0.39, 0.29) is 24.7 Å². The molecule has 5 heteroatoms. The van der Waals surface area contributed by atoms with E-state index in [2.05, 4.69) is 21.2 Å². The molecule has 16 heavy (non-hydrogen) atoms. The number of nitrogens with one attached hydrogen (secondary N) is 1. The summed E-state index contributed by atoms with van der Waals surface area (Å²) in [5, 5.41) is 2.62. The quantitative estimate of drug-likeness (QED) is 0.903. The molecule has 0 bridgehead atoms. The Bertz CT molecular complexity index is 371. The highest BCUT2D eigenvalue weighted by Crippen LogP contribution is 2.15. The SMILES string of the molecule is COCCC(=O)NCc1cc(Br)ccc1F. The smallest absolute Gasteiger partial charge is 0.222 e. The lowest BCUT2D eigenvalue weighted by molar-refractivity contribution is -0.122. The summed E-state index contributed by atoms with van der Waals surface area (Å²) >= 11 is 3.25. The number of rotatable bonds is 5. The molecule has 1 aromatic carbocycles. The van der Waals surface area contributed by atoms with Crippen LogP contribution in [0.3, 0.4) is 0 Å². The first-order valence-corrected chi connectivity index (χ1v) is 5.62. The van der Waals surface area contributed by atoms with Crippen LogP contribution >= 0.6 is 15.9 Å². The molecule has 1 amide bonds. The minimum atomic E-state index is -0.324. The Morgan fingerprint density at radius 2 is 2.31 bits per heavy atom. The lowest BCUT2D eigenvalue weighted by Crippen LogP contribution is -2.24. The van der Waals surface area contributed by atoms with Crippen LogP contribution in [0.15, 0.2) is 22.7 Å². The van der Waals surface area contributed by atoms with Crippen molar-refractivity contribution < 1.29 is 13.9 Å². The fourth-order valence-electron chi connectivity index (χ4n) is 1.16. The van der Waals surface area contributed by atoms with Gasteiger partial charge in [-0.15, -0.1) is 0 Å². The Morgan fingerprint density at radius 1 is 1.56 bits per heavy atom. The van der Waals surface area contributed by atoms with Gasteiger partial charge in [0.25, 0.3) is 0 Å². The first-order chi connectivity index (χ1) is 7.63. The zero-order chi connectivity index (χ0) is 12.0. The van der Waals surface area contributed by atoms with E-state index in [1.165, 1.54) is 13.2 Å². The fourth-order valence-corrected chi connectivity index (χ4v) is 1.56. The van der Waals surface area contributed by atoms with Gasteiger partial charge in [0.2, 0.25) is 5.91 Å². The van der Waals surface area contributed by atoms with E-state index < -0.39 is 0 Å². The Morgan fingerprint density at radius 3 is 3.00 bits per heavy atom. The van der Waals surface area contributed by atoms with Crippen LogP contribution in [0.25, 0.3) is 0 Å². The van der Waals surface area contributed by atoms with Crippen LogP contribution in [0.5, 0.6) is 0 Å². The van der Waals surface area contributed by atoms with Crippen LogP contribution in [0.4, 0.5) is 4.39 Å². The molecule has 0 unspecified atom stereocenters. The highest BCUT2D eigenvalue weighted by Gasteiger charge is 2.05. The summed E-state index contributed by atoms with van der Waals surface area (Å²) in [6.07, 6.45) is 0.284. The topological polar surface area (TPSA) is 38.3 Å². The second kappa shape index (κ2) is 6.60. The monoisotopic (exact) mass is 289 g/mol. The molecule has 0 aliphatic heterocycles. The van der Waals surface area contributed by atoms with Gasteiger partial charge in [0.15, 0.2) is 0 Å². The van der Waals surface area contributed by atoms with E-state index in [9.17, 15) is 9.18 Å². The normalized spacial score (nSPS) is 10.2. The first-order valence-electron chi connectivity index (χ1n) is 4.83. The van der Waals surface area contributed by atoms with Crippen LogP contribution in [0.1, 0.15) is 12.0 Å². The van der Waals surface area contributed by atoms with Crippen molar-refractivity contribution in [2.24, 2.45) is 0 Å². The third-order valence-corrected chi connectivity index (χ3v) is 2.51. The van der Waals surface area contributed by atoms with Gasteiger partial charge in [-0.25, -0.2) is 4.39 Å². The third-order valence-electron chi connectivity index (χ3n) is 2.02. The number of hydrogen-bond acceptors (Lipinski definition) is 2. The number of halogens is 2. The van der Waals surface area contributed by atoms with Crippen molar-refractivity contribution in [3.8, 4) is 0 Å². The van der Waals surface area contributed by atoms with Gasteiger partial charge in [0.05, 0.1) is 6.61 Å². The minimum absolute atomic E-state index is 0.152. The van der Waals surface area contributed by atoms with Crippen LogP contribution in [0, 0.1) is 5.82 Å². The van der Waals surface area contributed by atoms with Gasteiger partial charge in [0, 0.05) is 30.1 Å². The Labute approximate surface area is 102 Å². The Hall–Kier alpha value is -0.940. The average Bonchev–Trinajstić information content (AvgIpc) is 2.27. The molecule has 1 rings (SSSR count). The maximum Gasteiger partial charge on any atom is 0.222 e. The van der Waals surface area contributed by atoms with E-state index in [1.54, 1.807) is 12.1 Å². The number of hydrogen-bond donors (Lipinski definition) is 1. The number of benzene rings is 1. The molecule has 0 saturated heterocycles. The zero-order valence-electron chi connectivity index (χ0n) is 8.93. The molecule has 0 heterocycles. The lowest BCUT2D eigenvalue weighted by Gasteiger charge is -2.06. The van der Waals surface area contributed by atoms with Crippen LogP contribution in [-0.4, -0.2) is 19.6 Å². The van der Waals surface area contributed by atoms with Gasteiger partial charge in [-0.3, -0.25) is 4.79 Å². The summed E-state index contributed by atoms with van der Waals surface area (Å²) in [5.41, 5.74) is 0.458. The van der Waals surface area contributed by atoms with Crippen LogP contribution in [-0.2, 0) is 16.1 Å². The van der Waals surface area contributed by atoms with Crippen molar-refractivity contribution in [1.29, 1.82) is 0 Å². The summed E-state index contributed by atoms with van der Waals surface area (Å²) in [5.74, 6) is -0.475. The van der Waals surface area contributed by atoms with Crippen LogP contribution in [0.2, 0.25) is 0 Å². The van der Waals surface area contributed by atoms with Gasteiger partial charge in [0.1, 0.15) is 5.82 Å².